The highest BCUT2D eigenvalue weighted by atomic mass is 35.5. The molecule has 7 atom stereocenters. The van der Waals surface area contributed by atoms with Crippen LogP contribution in [0.15, 0.2) is 23.8 Å². The van der Waals surface area contributed by atoms with Gasteiger partial charge in [0, 0.05) is 16.7 Å². The fraction of sp³-hybridized carbons (Fsp3) is 0.708. The Morgan fingerprint density at radius 2 is 2.00 bits per heavy atom. The second-order valence-corrected chi connectivity index (χ2v) is 10.1. The first kappa shape index (κ1) is 23.3. The largest absolute Gasteiger partial charge is 0.509 e. The summed E-state index contributed by atoms with van der Waals surface area (Å²) >= 11 is 5.70. The van der Waals surface area contributed by atoms with Crippen molar-refractivity contribution in [3.8, 4) is 0 Å². The van der Waals surface area contributed by atoms with Crippen LogP contribution in [0.1, 0.15) is 52.9 Å². The molecule has 7 nitrogen and oxygen atoms in total. The van der Waals surface area contributed by atoms with E-state index in [0.717, 1.165) is 18.4 Å². The summed E-state index contributed by atoms with van der Waals surface area (Å²) in [5, 5.41) is 11.5. The van der Waals surface area contributed by atoms with E-state index in [4.69, 9.17) is 25.8 Å². The molecule has 0 amide bonds. The van der Waals surface area contributed by atoms with Crippen LogP contribution >= 0.6 is 11.6 Å². The summed E-state index contributed by atoms with van der Waals surface area (Å²) in [6.07, 6.45) is 6.31. The number of halogens is 1. The highest BCUT2D eigenvalue weighted by Crippen LogP contribution is 2.68. The number of alkyl halides is 1. The lowest BCUT2D eigenvalue weighted by molar-refractivity contribution is -0.199. The first-order chi connectivity index (χ1) is 15.1. The zero-order valence-corrected chi connectivity index (χ0v) is 19.5. The van der Waals surface area contributed by atoms with Gasteiger partial charge in [0.15, 0.2) is 11.8 Å². The van der Waals surface area contributed by atoms with Crippen LogP contribution < -0.4 is 0 Å². The molecule has 0 unspecified atom stereocenters. The Morgan fingerprint density at radius 1 is 1.25 bits per heavy atom. The normalized spacial score (nSPS) is 42.3. The Bertz CT molecular complexity index is 882. The lowest BCUT2D eigenvalue weighted by Gasteiger charge is -2.59. The lowest BCUT2D eigenvalue weighted by atomic mass is 9.46. The van der Waals surface area contributed by atoms with Gasteiger partial charge in [0.25, 0.3) is 0 Å². The summed E-state index contributed by atoms with van der Waals surface area (Å²) < 4.78 is 15.9. The van der Waals surface area contributed by atoms with Gasteiger partial charge in [-0.2, -0.15) is 0 Å². The van der Waals surface area contributed by atoms with Crippen LogP contribution in [-0.2, 0) is 23.8 Å². The van der Waals surface area contributed by atoms with Crippen molar-refractivity contribution in [3.63, 3.8) is 0 Å². The van der Waals surface area contributed by atoms with Gasteiger partial charge in [-0.25, -0.2) is 9.59 Å². The van der Waals surface area contributed by atoms with E-state index in [1.54, 1.807) is 19.1 Å². The summed E-state index contributed by atoms with van der Waals surface area (Å²) in [5.74, 6) is -0.676. The minimum atomic E-state index is -1.57. The molecule has 0 aromatic heterocycles. The van der Waals surface area contributed by atoms with Gasteiger partial charge in [-0.05, 0) is 63.0 Å². The summed E-state index contributed by atoms with van der Waals surface area (Å²) in [6.45, 7) is 5.77. The molecule has 176 valence electrons. The van der Waals surface area contributed by atoms with Crippen molar-refractivity contribution < 1.29 is 33.7 Å². The van der Waals surface area contributed by atoms with Crippen molar-refractivity contribution in [1.29, 1.82) is 0 Å². The second kappa shape index (κ2) is 8.17. The topological polar surface area (TPSA) is 99.1 Å². The van der Waals surface area contributed by atoms with Crippen molar-refractivity contribution in [1.82, 2.24) is 0 Å². The number of esters is 1. The SMILES string of the molecule is CCOC(=O)O[C@]1(C(=O)OCCl)CC[C@@H]2[C@H]3CCC4=CC(=O)C=C[C@]4(C)[C@@H]3[C@@H](O)C[C@]21C. The van der Waals surface area contributed by atoms with E-state index in [2.05, 4.69) is 6.92 Å². The molecule has 1 N–H and O–H groups in total. The molecule has 0 spiro atoms. The van der Waals surface area contributed by atoms with Gasteiger partial charge >= 0.3 is 12.1 Å². The van der Waals surface area contributed by atoms with Gasteiger partial charge in [0.2, 0.25) is 5.60 Å². The molecule has 3 saturated carbocycles. The number of carbonyl (C=O) groups is 3. The molecule has 0 bridgehead atoms. The molecule has 0 heterocycles. The minimum absolute atomic E-state index is 0.0161. The van der Waals surface area contributed by atoms with E-state index in [1.165, 1.54) is 0 Å². The Balaban J connectivity index is 1.73. The number of aliphatic hydroxyl groups is 1. The fourth-order valence-electron chi connectivity index (χ4n) is 7.31. The van der Waals surface area contributed by atoms with Crippen LogP contribution in [0.5, 0.6) is 0 Å². The van der Waals surface area contributed by atoms with E-state index in [0.29, 0.717) is 6.42 Å². The molecular weight excluding hydrogens is 436 g/mol. The maximum atomic E-state index is 13.2. The Morgan fingerprint density at radius 3 is 2.69 bits per heavy atom. The van der Waals surface area contributed by atoms with Crippen LogP contribution in [0.25, 0.3) is 0 Å². The summed E-state index contributed by atoms with van der Waals surface area (Å²) in [5.41, 5.74) is -1.76. The minimum Gasteiger partial charge on any atom is -0.446 e. The maximum Gasteiger partial charge on any atom is 0.509 e. The van der Waals surface area contributed by atoms with E-state index in [-0.39, 0.29) is 49.1 Å². The number of fused-ring (bicyclic) bond motifs is 5. The molecule has 32 heavy (non-hydrogen) atoms. The molecule has 4 aliphatic rings. The van der Waals surface area contributed by atoms with Crippen LogP contribution in [0.2, 0.25) is 0 Å². The summed E-state index contributed by atoms with van der Waals surface area (Å²) in [6, 6.07) is -0.354. The fourth-order valence-corrected chi connectivity index (χ4v) is 7.41. The third-order valence-electron chi connectivity index (χ3n) is 8.65. The summed E-state index contributed by atoms with van der Waals surface area (Å²) in [4.78, 5) is 37.5. The average Bonchev–Trinajstić information content (AvgIpc) is 3.01. The number of allylic oxidation sites excluding steroid dienone is 4. The average molecular weight is 467 g/mol. The van der Waals surface area contributed by atoms with Gasteiger partial charge in [-0.3, -0.25) is 4.79 Å². The van der Waals surface area contributed by atoms with Crippen LogP contribution in [0, 0.1) is 28.6 Å². The number of rotatable bonds is 4. The molecule has 0 aliphatic heterocycles. The highest BCUT2D eigenvalue weighted by molar-refractivity contribution is 6.17. The summed E-state index contributed by atoms with van der Waals surface area (Å²) in [7, 11) is 0. The smallest absolute Gasteiger partial charge is 0.446 e. The predicted octanol–water partition coefficient (Wildman–Crippen LogP) is 3.92. The van der Waals surface area contributed by atoms with Crippen LogP contribution in [0.3, 0.4) is 0 Å². The second-order valence-electron chi connectivity index (χ2n) is 9.90. The molecule has 3 fully saturated rings. The van der Waals surface area contributed by atoms with Crippen LogP contribution in [-0.4, -0.2) is 47.4 Å². The molecule has 4 aliphatic carbocycles. The van der Waals surface area contributed by atoms with Gasteiger partial charge in [-0.1, -0.05) is 37.1 Å². The molecule has 8 heteroatoms. The van der Waals surface area contributed by atoms with Gasteiger partial charge in [-0.15, -0.1) is 0 Å². The number of ketones is 1. The zero-order chi connectivity index (χ0) is 23.3. The standard InChI is InChI=1S/C24H31ClO7/c1-4-30-21(29)32-24(20(28)31-13-25)10-8-17-16-6-5-14-11-15(26)7-9-22(14,2)19(16)18(27)12-23(17,24)3/h7,9,11,16-19,27H,4-6,8,10,12-13H2,1-3H3/t16-,17-,18+,19+,22+,23-,24+/m1/s1. The Hall–Kier alpha value is -1.86. The lowest BCUT2D eigenvalue weighted by Crippen LogP contribution is -2.62. The Kier molecular flexibility index (Phi) is 5.95. The van der Waals surface area contributed by atoms with E-state index < -0.39 is 34.7 Å². The first-order valence-electron chi connectivity index (χ1n) is 11.3. The number of ether oxygens (including phenoxy) is 3. The highest BCUT2D eigenvalue weighted by Gasteiger charge is 2.71. The molecule has 0 saturated heterocycles. The van der Waals surface area contributed by atoms with Crippen molar-refractivity contribution >= 4 is 29.5 Å². The third-order valence-corrected chi connectivity index (χ3v) is 8.76. The van der Waals surface area contributed by atoms with Crippen LogP contribution in [0.4, 0.5) is 4.79 Å². The zero-order valence-electron chi connectivity index (χ0n) is 18.8. The number of hydrogen-bond acceptors (Lipinski definition) is 7. The van der Waals surface area contributed by atoms with Gasteiger partial charge in [0.05, 0.1) is 12.7 Å². The van der Waals surface area contributed by atoms with Crippen molar-refractivity contribution in [2.75, 3.05) is 12.7 Å². The monoisotopic (exact) mass is 466 g/mol. The van der Waals surface area contributed by atoms with Gasteiger partial charge < -0.3 is 19.3 Å². The number of carbonyl (C=O) groups excluding carboxylic acids is 3. The molecule has 4 rings (SSSR count). The van der Waals surface area contributed by atoms with Crippen molar-refractivity contribution in [2.45, 2.75) is 64.6 Å². The molecule has 0 aromatic rings. The Labute approximate surface area is 193 Å². The van der Waals surface area contributed by atoms with Gasteiger partial charge in [0.1, 0.15) is 0 Å². The van der Waals surface area contributed by atoms with Crippen molar-refractivity contribution in [3.05, 3.63) is 23.8 Å². The maximum absolute atomic E-state index is 13.2. The molecule has 0 aromatic carbocycles. The molecule has 0 radical (unpaired) electrons. The molecular formula is C24H31ClO7. The van der Waals surface area contributed by atoms with Crippen molar-refractivity contribution in [2.24, 2.45) is 28.6 Å². The predicted molar refractivity (Wildman–Crippen MR) is 116 cm³/mol. The van der Waals surface area contributed by atoms with E-state index in [1.807, 2.05) is 13.0 Å². The third kappa shape index (κ3) is 3.23. The van der Waals surface area contributed by atoms with E-state index in [9.17, 15) is 19.5 Å². The number of aliphatic hydroxyl groups excluding tert-OH is 1. The van der Waals surface area contributed by atoms with E-state index >= 15 is 0 Å². The quantitative estimate of drug-likeness (QED) is 0.495. The number of hydrogen-bond donors (Lipinski definition) is 1. The first-order valence-corrected chi connectivity index (χ1v) is 11.9.